The van der Waals surface area contributed by atoms with Gasteiger partial charge in [0.1, 0.15) is 11.6 Å². The van der Waals surface area contributed by atoms with Crippen LogP contribution in [0.25, 0.3) is 0 Å². The molecular formula is C13H26N4. The topological polar surface area (TPSA) is 42.7 Å². The van der Waals surface area contributed by atoms with E-state index in [-0.39, 0.29) is 0 Å². The van der Waals surface area contributed by atoms with Crippen molar-refractivity contribution in [2.24, 2.45) is 0 Å². The van der Waals surface area contributed by atoms with Crippen LogP contribution in [0.4, 0.5) is 0 Å². The van der Waals surface area contributed by atoms with Gasteiger partial charge in [0.15, 0.2) is 0 Å². The zero-order valence-corrected chi connectivity index (χ0v) is 11.8. The minimum atomic E-state index is 0.459. The van der Waals surface area contributed by atoms with Gasteiger partial charge in [-0.05, 0) is 32.9 Å². The summed E-state index contributed by atoms with van der Waals surface area (Å²) in [5, 5.41) is 11.9. The highest BCUT2D eigenvalue weighted by atomic mass is 15.3. The molecule has 1 saturated heterocycles. The van der Waals surface area contributed by atoms with Crippen LogP contribution in [0.2, 0.25) is 0 Å². The van der Waals surface area contributed by atoms with E-state index in [9.17, 15) is 0 Å². The number of hydrogen-bond donors (Lipinski definition) is 1. The fourth-order valence-corrected chi connectivity index (χ4v) is 2.30. The van der Waals surface area contributed by atoms with Crippen molar-refractivity contribution in [2.45, 2.75) is 59.4 Å². The Morgan fingerprint density at radius 1 is 1.18 bits per heavy atom. The van der Waals surface area contributed by atoms with E-state index >= 15 is 0 Å². The molecule has 0 bridgehead atoms. The van der Waals surface area contributed by atoms with Gasteiger partial charge >= 0.3 is 0 Å². The molecule has 1 N–H and O–H groups in total. The fraction of sp³-hybridized carbons (Fsp3) is 0.846. The molecule has 0 saturated carbocycles. The van der Waals surface area contributed by atoms with Gasteiger partial charge in [-0.2, -0.15) is 0 Å². The lowest BCUT2D eigenvalue weighted by Crippen LogP contribution is -2.30. The summed E-state index contributed by atoms with van der Waals surface area (Å²) in [6, 6.07) is 0.596. The van der Waals surface area contributed by atoms with Crippen LogP contribution in [0.15, 0.2) is 0 Å². The SMILES string of the molecule is CC.Cc1nnc(C(C)C)n1C1CCNCC1. The fourth-order valence-electron chi connectivity index (χ4n) is 2.30. The van der Waals surface area contributed by atoms with Gasteiger partial charge in [-0.1, -0.05) is 27.7 Å². The quantitative estimate of drug-likeness (QED) is 0.861. The van der Waals surface area contributed by atoms with Crippen molar-refractivity contribution in [1.82, 2.24) is 20.1 Å². The number of hydrogen-bond acceptors (Lipinski definition) is 3. The van der Waals surface area contributed by atoms with Crippen LogP contribution in [0.1, 0.15) is 64.1 Å². The Morgan fingerprint density at radius 2 is 1.76 bits per heavy atom. The molecule has 0 aromatic carbocycles. The second-order valence-electron chi connectivity index (χ2n) is 4.61. The second kappa shape index (κ2) is 6.74. The molecule has 0 spiro atoms. The molecule has 1 aromatic heterocycles. The molecule has 0 atom stereocenters. The number of piperidine rings is 1. The average molecular weight is 238 g/mol. The Balaban J connectivity index is 0.000000686. The molecular weight excluding hydrogens is 212 g/mol. The van der Waals surface area contributed by atoms with E-state index in [0.29, 0.717) is 12.0 Å². The number of aromatic nitrogens is 3. The minimum absolute atomic E-state index is 0.459. The first-order chi connectivity index (χ1) is 8.20. The Morgan fingerprint density at radius 3 is 2.29 bits per heavy atom. The molecule has 0 unspecified atom stereocenters. The molecule has 4 nitrogen and oxygen atoms in total. The van der Waals surface area contributed by atoms with Gasteiger partial charge in [0.25, 0.3) is 0 Å². The predicted octanol–water partition coefficient (Wildman–Crippen LogP) is 2.66. The van der Waals surface area contributed by atoms with Gasteiger partial charge in [-0.3, -0.25) is 0 Å². The van der Waals surface area contributed by atoms with Crippen molar-refractivity contribution in [1.29, 1.82) is 0 Å². The Labute approximate surface area is 105 Å². The summed E-state index contributed by atoms with van der Waals surface area (Å²) in [4.78, 5) is 0. The van der Waals surface area contributed by atoms with Crippen molar-refractivity contribution in [3.63, 3.8) is 0 Å². The molecule has 17 heavy (non-hydrogen) atoms. The number of nitrogens with zero attached hydrogens (tertiary/aromatic N) is 3. The summed E-state index contributed by atoms with van der Waals surface area (Å²) >= 11 is 0. The van der Waals surface area contributed by atoms with Crippen molar-refractivity contribution >= 4 is 0 Å². The number of nitrogens with one attached hydrogen (secondary N) is 1. The molecule has 1 aliphatic heterocycles. The monoisotopic (exact) mass is 238 g/mol. The van der Waals surface area contributed by atoms with Crippen LogP contribution in [0.3, 0.4) is 0 Å². The molecule has 1 fully saturated rings. The van der Waals surface area contributed by atoms with Gasteiger partial charge in [0.05, 0.1) is 0 Å². The third-order valence-corrected chi connectivity index (χ3v) is 3.08. The van der Waals surface area contributed by atoms with Gasteiger partial charge in [-0.15, -0.1) is 10.2 Å². The molecule has 2 heterocycles. The summed E-state index contributed by atoms with van der Waals surface area (Å²) in [6.45, 7) is 12.6. The highest BCUT2D eigenvalue weighted by Gasteiger charge is 2.21. The lowest BCUT2D eigenvalue weighted by molar-refractivity contribution is 0.351. The maximum atomic E-state index is 4.28. The smallest absolute Gasteiger partial charge is 0.135 e. The van der Waals surface area contributed by atoms with Crippen LogP contribution >= 0.6 is 0 Å². The van der Waals surface area contributed by atoms with Crippen LogP contribution < -0.4 is 5.32 Å². The molecule has 0 radical (unpaired) electrons. The Hall–Kier alpha value is -0.900. The van der Waals surface area contributed by atoms with Crippen molar-refractivity contribution in [3.8, 4) is 0 Å². The van der Waals surface area contributed by atoms with Gasteiger partial charge < -0.3 is 9.88 Å². The number of rotatable bonds is 2. The third kappa shape index (κ3) is 3.28. The summed E-state index contributed by atoms with van der Waals surface area (Å²) in [7, 11) is 0. The van der Waals surface area contributed by atoms with E-state index in [0.717, 1.165) is 24.7 Å². The zero-order valence-electron chi connectivity index (χ0n) is 11.8. The third-order valence-electron chi connectivity index (χ3n) is 3.08. The summed E-state index contributed by atoms with van der Waals surface area (Å²) in [5.41, 5.74) is 0. The lowest BCUT2D eigenvalue weighted by atomic mass is 10.1. The van der Waals surface area contributed by atoms with Crippen molar-refractivity contribution < 1.29 is 0 Å². The standard InChI is InChI=1S/C11H20N4.C2H6/c1-8(2)11-14-13-9(3)15(11)10-4-6-12-7-5-10;1-2/h8,10,12H,4-7H2,1-3H3;1-2H3. The summed E-state index contributed by atoms with van der Waals surface area (Å²) in [6.07, 6.45) is 2.39. The molecule has 2 rings (SSSR count). The first-order valence-electron chi connectivity index (χ1n) is 6.82. The van der Waals surface area contributed by atoms with E-state index in [4.69, 9.17) is 0 Å². The number of aryl methyl sites for hydroxylation is 1. The molecule has 0 amide bonds. The molecule has 1 aromatic rings. The Kier molecular flexibility index (Phi) is 5.62. The lowest BCUT2D eigenvalue weighted by Gasteiger charge is -2.26. The minimum Gasteiger partial charge on any atom is -0.317 e. The van der Waals surface area contributed by atoms with E-state index < -0.39 is 0 Å². The first-order valence-corrected chi connectivity index (χ1v) is 6.82. The van der Waals surface area contributed by atoms with E-state index in [2.05, 4.69) is 40.9 Å². The van der Waals surface area contributed by atoms with Crippen LogP contribution in [0, 0.1) is 6.92 Å². The van der Waals surface area contributed by atoms with Crippen LogP contribution in [-0.2, 0) is 0 Å². The van der Waals surface area contributed by atoms with Crippen LogP contribution in [0.5, 0.6) is 0 Å². The molecule has 4 heteroatoms. The van der Waals surface area contributed by atoms with Gasteiger partial charge in [0.2, 0.25) is 0 Å². The summed E-state index contributed by atoms with van der Waals surface area (Å²) in [5.74, 6) is 2.66. The average Bonchev–Trinajstić information content (AvgIpc) is 2.75. The van der Waals surface area contributed by atoms with Gasteiger partial charge in [0, 0.05) is 12.0 Å². The Bertz CT molecular complexity index is 324. The largest absolute Gasteiger partial charge is 0.317 e. The molecule has 1 aliphatic rings. The van der Waals surface area contributed by atoms with Gasteiger partial charge in [-0.25, -0.2) is 0 Å². The summed E-state index contributed by atoms with van der Waals surface area (Å²) < 4.78 is 2.34. The highest BCUT2D eigenvalue weighted by Crippen LogP contribution is 2.24. The van der Waals surface area contributed by atoms with E-state index in [1.165, 1.54) is 12.8 Å². The molecule has 98 valence electrons. The van der Waals surface area contributed by atoms with Crippen LogP contribution in [-0.4, -0.2) is 27.9 Å². The second-order valence-corrected chi connectivity index (χ2v) is 4.61. The maximum Gasteiger partial charge on any atom is 0.135 e. The first kappa shape index (κ1) is 14.2. The maximum absolute atomic E-state index is 4.28. The predicted molar refractivity (Wildman–Crippen MR) is 71.3 cm³/mol. The normalized spacial score (nSPS) is 16.8. The van der Waals surface area contributed by atoms with Crippen molar-refractivity contribution in [2.75, 3.05) is 13.1 Å². The zero-order chi connectivity index (χ0) is 12.8. The van der Waals surface area contributed by atoms with Crippen molar-refractivity contribution in [3.05, 3.63) is 11.6 Å². The van der Waals surface area contributed by atoms with E-state index in [1.54, 1.807) is 0 Å². The highest BCUT2D eigenvalue weighted by molar-refractivity contribution is 5.02. The van der Waals surface area contributed by atoms with E-state index in [1.807, 2.05) is 13.8 Å². The molecule has 0 aliphatic carbocycles.